The van der Waals surface area contributed by atoms with Gasteiger partial charge in [0.1, 0.15) is 36.3 Å². The molecule has 0 aliphatic carbocycles. The van der Waals surface area contributed by atoms with Crippen LogP contribution < -0.4 is 35.9 Å². The van der Waals surface area contributed by atoms with E-state index in [1.165, 1.54) is 58.8 Å². The molecule has 6 N–H and O–H groups in total. The Morgan fingerprint density at radius 1 is 0.969 bits per heavy atom. The lowest BCUT2D eigenvalue weighted by molar-refractivity contribution is -0.347. The van der Waals surface area contributed by atoms with Crippen molar-refractivity contribution >= 4 is 69.3 Å². The first kappa shape index (κ1) is 55.7. The predicted octanol–water partition coefficient (Wildman–Crippen LogP) is 0.583. The van der Waals surface area contributed by atoms with Crippen LogP contribution in [0.3, 0.4) is 0 Å². The van der Waals surface area contributed by atoms with Gasteiger partial charge in [-0.25, -0.2) is 19.3 Å². The van der Waals surface area contributed by atoms with Gasteiger partial charge in [0.15, 0.2) is 17.7 Å². The number of nitrogen functional groups attached to an aromatic ring is 1. The van der Waals surface area contributed by atoms with Crippen LogP contribution in [0.5, 0.6) is 0 Å². The second-order valence-corrected chi connectivity index (χ2v) is 20.8. The number of anilines is 1. The van der Waals surface area contributed by atoms with E-state index in [1.807, 2.05) is 0 Å². The summed E-state index contributed by atoms with van der Waals surface area (Å²) in [7, 11) is -15.9. The first-order valence-electron chi connectivity index (χ1n) is 20.7. The molecule has 0 bridgehead atoms. The fourth-order valence-electron chi connectivity index (χ4n) is 6.28. The lowest BCUT2D eigenvalue weighted by Gasteiger charge is -2.36. The Bertz CT molecular complexity index is 1960. The molecule has 0 aromatic carbocycles. The van der Waals surface area contributed by atoms with Crippen molar-refractivity contribution in [2.45, 2.75) is 122 Å². The molecule has 366 valence electrons. The monoisotopic (exact) mass is 988 g/mol. The van der Waals surface area contributed by atoms with Crippen LogP contribution in [0.4, 0.5) is 10.6 Å². The fourth-order valence-corrected chi connectivity index (χ4v) is 9.71. The number of nitrogens with two attached hydrogens (primary N) is 1. The van der Waals surface area contributed by atoms with Crippen LogP contribution in [0.1, 0.15) is 97.6 Å². The van der Waals surface area contributed by atoms with Gasteiger partial charge in [0, 0.05) is 44.3 Å². The molecule has 1 aliphatic heterocycles. The number of phosphoric acid groups is 3. The summed E-state index contributed by atoms with van der Waals surface area (Å²) in [5, 5.41) is 26.3. The molecular formula is C35H59N8O17P3S-4. The molecule has 29 heteroatoms. The Hall–Kier alpha value is -2.64. The van der Waals surface area contributed by atoms with Crippen molar-refractivity contribution in [3.8, 4) is 0 Å². The summed E-state index contributed by atoms with van der Waals surface area (Å²) in [5.74, 6) is -1.20. The predicted molar refractivity (Wildman–Crippen MR) is 223 cm³/mol. The number of nitrogens with zero attached hydrogens (tertiary/aromatic N) is 5. The number of aromatic nitrogens is 4. The molecule has 2 aromatic rings. The maximum absolute atomic E-state index is 12.6. The largest absolute Gasteiger partial charge is 0.790 e. The molecule has 3 heterocycles. The van der Waals surface area contributed by atoms with E-state index in [0.717, 1.165) is 48.2 Å². The maximum atomic E-state index is 12.6. The molecule has 2 aromatic heterocycles. The lowest BCUT2D eigenvalue weighted by atomic mass is 9.87. The van der Waals surface area contributed by atoms with E-state index in [9.17, 15) is 57.9 Å². The van der Waals surface area contributed by atoms with E-state index in [4.69, 9.17) is 10.5 Å². The van der Waals surface area contributed by atoms with E-state index in [-0.39, 0.29) is 41.7 Å². The highest BCUT2D eigenvalue weighted by atomic mass is 32.2. The summed E-state index contributed by atoms with van der Waals surface area (Å²) in [4.78, 5) is 98.6. The number of thioether (sulfide) groups is 1. The molecule has 0 spiro atoms. The molecule has 25 nitrogen and oxygen atoms in total. The minimum atomic E-state index is -5.92. The third-order valence-corrected chi connectivity index (χ3v) is 13.8. The van der Waals surface area contributed by atoms with Gasteiger partial charge in [-0.1, -0.05) is 90.3 Å². The second-order valence-electron chi connectivity index (χ2n) is 15.7. The first-order chi connectivity index (χ1) is 30.0. The zero-order valence-electron chi connectivity index (χ0n) is 36.1. The number of aliphatic hydroxyl groups excluding tert-OH is 2. The highest BCUT2D eigenvalue weighted by molar-refractivity contribution is 8.13. The van der Waals surface area contributed by atoms with Gasteiger partial charge in [-0.2, -0.15) is 0 Å². The van der Waals surface area contributed by atoms with E-state index in [0.29, 0.717) is 12.3 Å². The van der Waals surface area contributed by atoms with E-state index < -0.39 is 84.6 Å². The van der Waals surface area contributed by atoms with Gasteiger partial charge < -0.3 is 73.9 Å². The fraction of sp³-hybridized carbons (Fsp3) is 0.771. The second kappa shape index (κ2) is 26.0. The number of hydrogen-bond donors (Lipinski definition) is 5. The molecule has 7 atom stereocenters. The Kier molecular flexibility index (Phi) is 22.7. The number of fused-ring (bicyclic) bond motifs is 1. The summed E-state index contributed by atoms with van der Waals surface area (Å²) in [6.45, 7) is 2.98. The average molecular weight is 989 g/mol. The first-order valence-corrected chi connectivity index (χ1v) is 26.0. The van der Waals surface area contributed by atoms with Gasteiger partial charge in [0.2, 0.25) is 11.8 Å². The Labute approximate surface area is 375 Å². The lowest BCUT2D eigenvalue weighted by Crippen LogP contribution is -2.46. The number of rotatable bonds is 30. The van der Waals surface area contributed by atoms with Crippen LogP contribution >= 0.6 is 35.2 Å². The molecule has 1 aliphatic rings. The molecule has 1 fully saturated rings. The number of carbonyl (C=O) groups is 3. The Balaban J connectivity index is 1.36. The van der Waals surface area contributed by atoms with Crippen LogP contribution in [-0.4, -0.2) is 122 Å². The van der Waals surface area contributed by atoms with E-state index in [2.05, 4.69) is 50.4 Å². The zero-order chi connectivity index (χ0) is 47.7. The molecule has 0 saturated carbocycles. The summed E-state index contributed by atoms with van der Waals surface area (Å²) in [6, 6.07) is 0. The van der Waals surface area contributed by atoms with Gasteiger partial charge in [-0.3, -0.25) is 28.1 Å². The SMILES string of the molecule is CCCCCCCCCCCCN(C)C(=O)SCCNC(=O)CCNC(=O)C(O)C(C)(C)COP(=O)([O-])OP(=O)([O-])OCC1OC(n2cnc3c(N)ncnc32)C(O)C1OP(=O)([O-])[O-]. The van der Waals surface area contributed by atoms with Crippen LogP contribution in [-0.2, 0) is 45.9 Å². The third-order valence-electron chi connectivity index (χ3n) is 9.86. The van der Waals surface area contributed by atoms with Crippen molar-refractivity contribution in [2.24, 2.45) is 5.41 Å². The maximum Gasteiger partial charge on any atom is 0.281 e. The molecular weight excluding hydrogens is 929 g/mol. The number of amides is 3. The van der Waals surface area contributed by atoms with Gasteiger partial charge in [0.05, 0.1) is 27.4 Å². The Morgan fingerprint density at radius 3 is 2.23 bits per heavy atom. The van der Waals surface area contributed by atoms with E-state index >= 15 is 0 Å². The minimum absolute atomic E-state index is 0.0196. The van der Waals surface area contributed by atoms with Crippen molar-refractivity contribution in [3.05, 3.63) is 12.7 Å². The summed E-state index contributed by atoms with van der Waals surface area (Å²) in [5.41, 5.74) is 4.08. The number of hydrogen-bond acceptors (Lipinski definition) is 22. The van der Waals surface area contributed by atoms with Crippen LogP contribution in [0, 0.1) is 5.41 Å². The van der Waals surface area contributed by atoms with Gasteiger partial charge in [0.25, 0.3) is 20.9 Å². The number of phosphoric ester groups is 3. The molecule has 3 amide bonds. The number of carbonyl (C=O) groups excluding carboxylic acids is 3. The average Bonchev–Trinajstić information content (AvgIpc) is 3.78. The summed E-state index contributed by atoms with van der Waals surface area (Å²) in [6.07, 6.45) is 4.40. The van der Waals surface area contributed by atoms with Gasteiger partial charge in [-0.05, 0) is 6.42 Å². The number of unbranched alkanes of at least 4 members (excludes halogenated alkanes) is 9. The third kappa shape index (κ3) is 18.9. The van der Waals surface area contributed by atoms with Crippen molar-refractivity contribution in [1.29, 1.82) is 0 Å². The quantitative estimate of drug-likeness (QED) is 0.0528. The van der Waals surface area contributed by atoms with Crippen LogP contribution in [0.25, 0.3) is 11.2 Å². The molecule has 0 radical (unpaired) electrons. The van der Waals surface area contributed by atoms with Crippen molar-refractivity contribution in [3.63, 3.8) is 0 Å². The van der Waals surface area contributed by atoms with Gasteiger partial charge in [-0.15, -0.1) is 0 Å². The molecule has 1 saturated heterocycles. The highest BCUT2D eigenvalue weighted by Crippen LogP contribution is 2.56. The summed E-state index contributed by atoms with van der Waals surface area (Å²) < 4.78 is 60.8. The normalized spacial score (nSPS) is 20.4. The number of nitrogens with one attached hydrogen (secondary N) is 2. The smallest absolute Gasteiger partial charge is 0.281 e. The molecule has 64 heavy (non-hydrogen) atoms. The van der Waals surface area contributed by atoms with Crippen molar-refractivity contribution < 1.29 is 80.5 Å². The number of imidazole rings is 1. The van der Waals surface area contributed by atoms with Gasteiger partial charge >= 0.3 is 0 Å². The topological polar surface area (TPSA) is 378 Å². The summed E-state index contributed by atoms with van der Waals surface area (Å²) >= 11 is 1.07. The minimum Gasteiger partial charge on any atom is -0.790 e. The standard InChI is InChI=1S/C35H63N8O17P3S/c1-5-6-7-8-9-10-11-12-13-14-18-42(4)34(48)64-19-17-37-25(44)15-16-38-32(47)29(46)35(2,3)21-57-63(54,55)60-62(52,53)56-20-24-28(59-61(49,50)51)27(45)33(58-24)43-23-41-26-30(36)39-22-40-31(26)43/h22-24,27-29,33,45-46H,5-21H2,1-4H3,(H,37,44)(H,38,47)(H,52,53)(H,54,55)(H2,36,39,40)(H2,49,50,51)/p-4. The van der Waals surface area contributed by atoms with E-state index in [1.54, 1.807) is 11.9 Å². The zero-order valence-corrected chi connectivity index (χ0v) is 39.6. The van der Waals surface area contributed by atoms with Crippen LogP contribution in [0.2, 0.25) is 0 Å². The number of aliphatic hydroxyl groups is 2. The Morgan fingerprint density at radius 2 is 1.59 bits per heavy atom. The van der Waals surface area contributed by atoms with Crippen molar-refractivity contribution in [1.82, 2.24) is 35.1 Å². The van der Waals surface area contributed by atoms with Crippen LogP contribution in [0.15, 0.2) is 12.7 Å². The molecule has 3 rings (SSSR count). The highest BCUT2D eigenvalue weighted by Gasteiger charge is 2.47. The van der Waals surface area contributed by atoms with Crippen molar-refractivity contribution in [2.75, 3.05) is 51.4 Å². The molecule has 7 unspecified atom stereocenters. The number of ether oxygens (including phenoxy) is 1.